The monoisotopic (exact) mass is 632 g/mol. The van der Waals surface area contributed by atoms with E-state index in [1.165, 1.54) is 42.8 Å². The number of benzene rings is 2. The first-order valence-electron chi connectivity index (χ1n) is 14.2. The molecule has 0 unspecified atom stereocenters. The highest BCUT2D eigenvalue weighted by atomic mass is 19.4. The van der Waals surface area contributed by atoms with Crippen LogP contribution in [0.5, 0.6) is 0 Å². The zero-order valence-corrected chi connectivity index (χ0v) is 24.7. The van der Waals surface area contributed by atoms with E-state index in [0.717, 1.165) is 4.90 Å². The van der Waals surface area contributed by atoms with Gasteiger partial charge in [-0.05, 0) is 73.7 Å². The molecule has 0 aliphatic carbocycles. The molecule has 7 nitrogen and oxygen atoms in total. The molecule has 14 heteroatoms. The van der Waals surface area contributed by atoms with Crippen molar-refractivity contribution in [3.05, 3.63) is 70.0 Å². The zero-order chi connectivity index (χ0) is 32.7. The van der Waals surface area contributed by atoms with Crippen molar-refractivity contribution >= 4 is 11.9 Å². The van der Waals surface area contributed by atoms with Gasteiger partial charge in [0.2, 0.25) is 5.91 Å². The maximum Gasteiger partial charge on any atom is 0.416 e. The normalized spacial score (nSPS) is 22.6. The smallest absolute Gasteiger partial charge is 0.372 e. The highest BCUT2D eigenvalue weighted by molar-refractivity contribution is 5.76. The maximum atomic E-state index is 14.0. The highest BCUT2D eigenvalue weighted by Gasteiger charge is 2.41. The number of rotatable bonds is 4. The summed E-state index contributed by atoms with van der Waals surface area (Å²) in [6, 6.07) is 2.92. The lowest BCUT2D eigenvalue weighted by atomic mass is 9.88. The average molecular weight is 633 g/mol. The van der Waals surface area contributed by atoms with E-state index in [1.807, 2.05) is 4.90 Å². The average Bonchev–Trinajstić information content (AvgIpc) is 2.94. The maximum absolute atomic E-state index is 14.0. The fraction of sp³-hybridized carbons (Fsp3) is 0.533. The minimum atomic E-state index is -5.03. The number of likely N-dealkylation sites (tertiary alicyclic amines) is 1. The van der Waals surface area contributed by atoms with Crippen molar-refractivity contribution in [3.63, 3.8) is 0 Å². The van der Waals surface area contributed by atoms with Gasteiger partial charge in [0, 0.05) is 46.2 Å². The Balaban J connectivity index is 1.63. The molecule has 2 heterocycles. The number of β-amino-alcohol motifs (C(OH)–C–C–N with tert-alkyl or cyclic N) is 1. The molecule has 1 N–H and O–H groups in total. The summed E-state index contributed by atoms with van der Waals surface area (Å²) in [5.74, 6) is -0.728. The predicted octanol–water partition coefficient (Wildman–Crippen LogP) is 5.97. The molecule has 0 saturated carbocycles. The van der Waals surface area contributed by atoms with Crippen LogP contribution in [0.4, 0.5) is 35.5 Å². The van der Waals surface area contributed by atoms with E-state index >= 15 is 0 Å². The number of aryl methyl sites for hydroxylation is 1. The van der Waals surface area contributed by atoms with Gasteiger partial charge in [-0.1, -0.05) is 6.07 Å². The molecule has 2 aliphatic heterocycles. The molecule has 2 fully saturated rings. The van der Waals surface area contributed by atoms with E-state index in [4.69, 9.17) is 0 Å². The molecular weight excluding hydrogens is 597 g/mol. The highest BCUT2D eigenvalue weighted by Crippen LogP contribution is 2.40. The fourth-order valence-electron chi connectivity index (χ4n) is 6.11. The van der Waals surface area contributed by atoms with Crippen molar-refractivity contribution in [2.75, 3.05) is 33.2 Å². The molecule has 2 aromatic carbocycles. The predicted molar refractivity (Wildman–Crippen MR) is 147 cm³/mol. The summed E-state index contributed by atoms with van der Waals surface area (Å²) >= 11 is 0. The van der Waals surface area contributed by atoms with Gasteiger partial charge in [0.15, 0.2) is 0 Å². The van der Waals surface area contributed by atoms with Gasteiger partial charge >= 0.3 is 18.4 Å². The van der Waals surface area contributed by atoms with Gasteiger partial charge < -0.3 is 19.8 Å². The molecule has 0 aromatic heterocycles. The molecule has 3 amide bonds. The molecule has 44 heavy (non-hydrogen) atoms. The largest absolute Gasteiger partial charge is 0.416 e. The van der Waals surface area contributed by atoms with Crippen molar-refractivity contribution in [1.29, 1.82) is 0 Å². The van der Waals surface area contributed by atoms with Gasteiger partial charge in [0.05, 0.1) is 23.2 Å². The number of nitrogens with zero attached hydrogens (tertiary/aromatic N) is 4. The number of amides is 3. The first kappa shape index (κ1) is 33.5. The molecular formula is C30H35F7N4O3. The van der Waals surface area contributed by atoms with Gasteiger partial charge in [0.25, 0.3) is 0 Å². The number of aliphatic hydroxyl groups is 1. The Kier molecular flexibility index (Phi) is 9.55. The molecule has 4 rings (SSSR count). The molecule has 4 atom stereocenters. The minimum absolute atomic E-state index is 0.0450. The van der Waals surface area contributed by atoms with Crippen molar-refractivity contribution in [2.45, 2.75) is 70.3 Å². The van der Waals surface area contributed by atoms with Gasteiger partial charge in [0.1, 0.15) is 12.0 Å². The van der Waals surface area contributed by atoms with Crippen LogP contribution in [0.3, 0.4) is 0 Å². The summed E-state index contributed by atoms with van der Waals surface area (Å²) in [6.45, 7) is 5.59. The van der Waals surface area contributed by atoms with Crippen LogP contribution in [0, 0.1) is 12.7 Å². The quantitative estimate of drug-likeness (QED) is 0.422. The number of hydrogen-bond acceptors (Lipinski definition) is 4. The molecule has 0 bridgehead atoms. The summed E-state index contributed by atoms with van der Waals surface area (Å²) in [5, 5.41) is 10.5. The standard InChI is InChI=1S/C30H35F7N4O3/c1-17-11-23(31)5-6-25(17)26-15-24(39-9-10-40(19(3)42)27(43)16-39)7-8-41(26)28(44)38(4)18(2)20-12-21(29(32,33)34)14-22(13-20)30(35,36)37/h5-6,11-14,18,24,26-27,43H,7-10,15-16H2,1-4H3/t18-,24+,26-,27-/m1/s1. The number of alkyl halides is 6. The summed E-state index contributed by atoms with van der Waals surface area (Å²) in [7, 11) is 1.32. The van der Waals surface area contributed by atoms with E-state index in [0.29, 0.717) is 49.2 Å². The first-order chi connectivity index (χ1) is 20.4. The van der Waals surface area contributed by atoms with Gasteiger partial charge in [-0.3, -0.25) is 9.69 Å². The topological polar surface area (TPSA) is 67.3 Å². The van der Waals surface area contributed by atoms with E-state index in [9.17, 15) is 45.4 Å². The second-order valence-electron chi connectivity index (χ2n) is 11.5. The van der Waals surface area contributed by atoms with Crippen molar-refractivity contribution < 1.29 is 45.4 Å². The van der Waals surface area contributed by atoms with Gasteiger partial charge in [-0.25, -0.2) is 9.18 Å². The lowest BCUT2D eigenvalue weighted by Gasteiger charge is -2.48. The van der Waals surface area contributed by atoms with Crippen LogP contribution in [0.2, 0.25) is 0 Å². The van der Waals surface area contributed by atoms with E-state index in [1.54, 1.807) is 13.0 Å². The molecule has 0 spiro atoms. The summed E-state index contributed by atoms with van der Waals surface area (Å²) in [6.07, 6.45) is -10.2. The Morgan fingerprint density at radius 2 is 1.57 bits per heavy atom. The van der Waals surface area contributed by atoms with Crippen LogP contribution >= 0.6 is 0 Å². The lowest BCUT2D eigenvalue weighted by molar-refractivity contribution is -0.147. The third-order valence-corrected chi connectivity index (χ3v) is 8.69. The Morgan fingerprint density at radius 3 is 2.09 bits per heavy atom. The SMILES string of the molecule is CC(=O)N1CCN([C@H]2CCN(C(=O)N(C)[C@H](C)c3cc(C(F)(F)F)cc(C(F)(F)F)c3)[C@@H](c3ccc(F)cc3C)C2)C[C@H]1O. The van der Waals surface area contributed by atoms with Crippen LogP contribution in [-0.2, 0) is 17.1 Å². The van der Waals surface area contributed by atoms with E-state index < -0.39 is 53.6 Å². The summed E-state index contributed by atoms with van der Waals surface area (Å²) < 4.78 is 95.1. The van der Waals surface area contributed by atoms with Crippen LogP contribution in [0.25, 0.3) is 0 Å². The Bertz CT molecular complexity index is 1350. The Hall–Kier alpha value is -3.39. The molecule has 2 aromatic rings. The number of urea groups is 1. The van der Waals surface area contributed by atoms with Crippen LogP contribution in [-0.4, -0.2) is 82.1 Å². The fourth-order valence-corrected chi connectivity index (χ4v) is 6.11. The zero-order valence-electron chi connectivity index (χ0n) is 24.7. The van der Waals surface area contributed by atoms with Crippen LogP contribution in [0.1, 0.15) is 66.6 Å². The van der Waals surface area contributed by atoms with Crippen LogP contribution < -0.4 is 0 Å². The number of aliphatic hydroxyl groups excluding tert-OH is 1. The first-order valence-corrected chi connectivity index (χ1v) is 14.2. The lowest BCUT2D eigenvalue weighted by Crippen LogP contribution is -2.59. The second-order valence-corrected chi connectivity index (χ2v) is 11.5. The third-order valence-electron chi connectivity index (χ3n) is 8.69. The summed E-state index contributed by atoms with van der Waals surface area (Å²) in [5.41, 5.74) is -2.06. The molecule has 2 saturated heterocycles. The number of carbonyl (C=O) groups excluding carboxylic acids is 2. The van der Waals surface area contributed by atoms with Gasteiger partial charge in [-0.2, -0.15) is 26.3 Å². The second kappa shape index (κ2) is 12.5. The van der Waals surface area contributed by atoms with Crippen molar-refractivity contribution in [1.82, 2.24) is 19.6 Å². The van der Waals surface area contributed by atoms with E-state index in [2.05, 4.69) is 0 Å². The van der Waals surface area contributed by atoms with Crippen molar-refractivity contribution in [2.24, 2.45) is 0 Å². The Labute approximate surface area is 250 Å². The molecule has 0 radical (unpaired) electrons. The Morgan fingerprint density at radius 1 is 0.955 bits per heavy atom. The number of halogens is 7. The summed E-state index contributed by atoms with van der Waals surface area (Å²) in [4.78, 5) is 31.8. The van der Waals surface area contributed by atoms with Crippen LogP contribution in [0.15, 0.2) is 36.4 Å². The number of piperazine rings is 1. The molecule has 2 aliphatic rings. The number of hydrogen-bond donors (Lipinski definition) is 1. The third kappa shape index (κ3) is 7.12. The van der Waals surface area contributed by atoms with Crippen molar-refractivity contribution in [3.8, 4) is 0 Å². The van der Waals surface area contributed by atoms with E-state index in [-0.39, 0.29) is 36.7 Å². The minimum Gasteiger partial charge on any atom is -0.372 e. The number of piperidine rings is 1. The number of carbonyl (C=O) groups is 2. The van der Waals surface area contributed by atoms with Gasteiger partial charge in [-0.15, -0.1) is 0 Å². The molecule has 242 valence electrons.